The topological polar surface area (TPSA) is 94.1 Å². The molecule has 0 amide bonds. The van der Waals surface area contributed by atoms with Crippen molar-refractivity contribution in [1.82, 2.24) is 15.0 Å². The summed E-state index contributed by atoms with van der Waals surface area (Å²) in [5.74, 6) is 0. The Morgan fingerprint density at radius 3 is 2.82 bits per heavy atom. The standard InChI is InChI=1S/C10H10N4O3/c1-13-5-10(11-12-13)9-3-2-8(14(16)17)4-7(9)6-15/h2-5,15H,6H2,1H3. The summed E-state index contributed by atoms with van der Waals surface area (Å²) < 4.78 is 1.53. The number of rotatable bonds is 3. The number of aliphatic hydroxyl groups excluding tert-OH is 1. The summed E-state index contributed by atoms with van der Waals surface area (Å²) in [5.41, 5.74) is 1.62. The molecule has 0 unspecified atom stereocenters. The smallest absolute Gasteiger partial charge is 0.269 e. The van der Waals surface area contributed by atoms with Crippen LogP contribution < -0.4 is 0 Å². The third kappa shape index (κ3) is 2.13. The van der Waals surface area contributed by atoms with Crippen molar-refractivity contribution in [3.63, 3.8) is 0 Å². The molecule has 0 aliphatic carbocycles. The Kier molecular flexibility index (Phi) is 2.84. The molecule has 0 saturated carbocycles. The lowest BCUT2D eigenvalue weighted by atomic mass is 10.0. The van der Waals surface area contributed by atoms with Gasteiger partial charge in [-0.1, -0.05) is 5.21 Å². The van der Waals surface area contributed by atoms with Gasteiger partial charge < -0.3 is 5.11 Å². The highest BCUT2D eigenvalue weighted by Gasteiger charge is 2.13. The Morgan fingerprint density at radius 2 is 2.29 bits per heavy atom. The molecule has 0 aliphatic rings. The van der Waals surface area contributed by atoms with Gasteiger partial charge in [-0.05, 0) is 11.6 Å². The second-order valence-electron chi connectivity index (χ2n) is 3.53. The SMILES string of the molecule is Cn1cc(-c2ccc([N+](=O)[O-])cc2CO)nn1. The molecule has 0 fully saturated rings. The molecular weight excluding hydrogens is 224 g/mol. The number of nitro groups is 1. The number of aromatic nitrogens is 3. The summed E-state index contributed by atoms with van der Waals surface area (Å²) in [5, 5.41) is 27.5. The third-order valence-electron chi connectivity index (χ3n) is 2.35. The lowest BCUT2D eigenvalue weighted by Gasteiger charge is -2.03. The van der Waals surface area contributed by atoms with Crippen molar-refractivity contribution in [1.29, 1.82) is 0 Å². The number of non-ortho nitro benzene ring substituents is 1. The Hall–Kier alpha value is -2.28. The number of hydrogen-bond acceptors (Lipinski definition) is 5. The number of aliphatic hydroxyl groups is 1. The molecule has 7 heteroatoms. The summed E-state index contributed by atoms with van der Waals surface area (Å²) in [6, 6.07) is 4.28. The quantitative estimate of drug-likeness (QED) is 0.628. The molecule has 1 heterocycles. The van der Waals surface area contributed by atoms with Gasteiger partial charge in [0, 0.05) is 24.7 Å². The molecule has 0 aliphatic heterocycles. The average molecular weight is 234 g/mol. The number of nitro benzene ring substituents is 1. The molecule has 1 N–H and O–H groups in total. The van der Waals surface area contributed by atoms with Gasteiger partial charge in [-0.15, -0.1) is 5.10 Å². The van der Waals surface area contributed by atoms with Gasteiger partial charge in [0.05, 0.1) is 17.7 Å². The normalized spacial score (nSPS) is 10.5. The number of benzene rings is 1. The van der Waals surface area contributed by atoms with E-state index < -0.39 is 4.92 Å². The fourth-order valence-corrected chi connectivity index (χ4v) is 1.55. The first-order chi connectivity index (χ1) is 8.11. The van der Waals surface area contributed by atoms with Crippen molar-refractivity contribution < 1.29 is 10.0 Å². The molecule has 0 saturated heterocycles. The van der Waals surface area contributed by atoms with Crippen molar-refractivity contribution in [2.75, 3.05) is 0 Å². The van der Waals surface area contributed by atoms with Crippen molar-refractivity contribution in [2.24, 2.45) is 7.05 Å². The first-order valence-electron chi connectivity index (χ1n) is 4.86. The first kappa shape index (κ1) is 11.2. The van der Waals surface area contributed by atoms with Crippen LogP contribution in [0.1, 0.15) is 5.56 Å². The molecule has 2 rings (SSSR count). The molecule has 0 bridgehead atoms. The van der Waals surface area contributed by atoms with Crippen molar-refractivity contribution in [3.05, 3.63) is 40.1 Å². The Labute approximate surface area is 96.5 Å². The molecule has 2 aromatic rings. The van der Waals surface area contributed by atoms with Crippen LogP contribution in [0.5, 0.6) is 0 Å². The van der Waals surface area contributed by atoms with E-state index in [1.54, 1.807) is 19.3 Å². The molecule has 17 heavy (non-hydrogen) atoms. The van der Waals surface area contributed by atoms with Crippen LogP contribution in [0, 0.1) is 10.1 Å². The number of aryl methyl sites for hydroxylation is 1. The van der Waals surface area contributed by atoms with Crippen LogP contribution in [-0.2, 0) is 13.7 Å². The number of hydrogen-bond donors (Lipinski definition) is 1. The number of nitrogens with zero attached hydrogens (tertiary/aromatic N) is 4. The van der Waals surface area contributed by atoms with Gasteiger partial charge in [-0.25, -0.2) is 0 Å². The summed E-state index contributed by atoms with van der Waals surface area (Å²) >= 11 is 0. The van der Waals surface area contributed by atoms with Gasteiger partial charge in [-0.3, -0.25) is 14.8 Å². The fraction of sp³-hybridized carbons (Fsp3) is 0.200. The average Bonchev–Trinajstić information content (AvgIpc) is 2.74. The van der Waals surface area contributed by atoms with E-state index in [4.69, 9.17) is 0 Å². The van der Waals surface area contributed by atoms with Crippen LogP contribution in [0.2, 0.25) is 0 Å². The van der Waals surface area contributed by atoms with E-state index in [0.717, 1.165) is 0 Å². The maximum atomic E-state index is 10.6. The Morgan fingerprint density at radius 1 is 1.53 bits per heavy atom. The summed E-state index contributed by atoms with van der Waals surface area (Å²) in [7, 11) is 1.72. The maximum absolute atomic E-state index is 10.6. The minimum atomic E-state index is -0.500. The Balaban J connectivity index is 2.51. The molecule has 7 nitrogen and oxygen atoms in total. The fourth-order valence-electron chi connectivity index (χ4n) is 1.55. The molecule has 0 atom stereocenters. The van der Waals surface area contributed by atoms with Crippen molar-refractivity contribution >= 4 is 5.69 Å². The van der Waals surface area contributed by atoms with Gasteiger partial charge in [-0.2, -0.15) is 0 Å². The van der Waals surface area contributed by atoms with Crippen LogP contribution in [0.3, 0.4) is 0 Å². The lowest BCUT2D eigenvalue weighted by Crippen LogP contribution is -1.94. The first-order valence-corrected chi connectivity index (χ1v) is 4.86. The van der Waals surface area contributed by atoms with E-state index in [9.17, 15) is 15.2 Å². The van der Waals surface area contributed by atoms with Crippen LogP contribution in [0.25, 0.3) is 11.3 Å². The highest BCUT2D eigenvalue weighted by Crippen LogP contribution is 2.25. The van der Waals surface area contributed by atoms with E-state index >= 15 is 0 Å². The van der Waals surface area contributed by atoms with E-state index in [0.29, 0.717) is 16.8 Å². The minimum Gasteiger partial charge on any atom is -0.392 e. The second-order valence-corrected chi connectivity index (χ2v) is 3.53. The molecule has 0 radical (unpaired) electrons. The monoisotopic (exact) mass is 234 g/mol. The zero-order chi connectivity index (χ0) is 12.4. The summed E-state index contributed by atoms with van der Waals surface area (Å²) in [6.07, 6.45) is 1.68. The maximum Gasteiger partial charge on any atom is 0.269 e. The molecular formula is C10H10N4O3. The largest absolute Gasteiger partial charge is 0.392 e. The van der Waals surface area contributed by atoms with Gasteiger partial charge in [0.2, 0.25) is 0 Å². The minimum absolute atomic E-state index is 0.0540. The van der Waals surface area contributed by atoms with Gasteiger partial charge in [0.15, 0.2) is 0 Å². The highest BCUT2D eigenvalue weighted by atomic mass is 16.6. The van der Waals surface area contributed by atoms with Crippen LogP contribution >= 0.6 is 0 Å². The van der Waals surface area contributed by atoms with Crippen LogP contribution in [0.4, 0.5) is 5.69 Å². The van der Waals surface area contributed by atoms with Crippen LogP contribution in [-0.4, -0.2) is 25.0 Å². The van der Waals surface area contributed by atoms with Crippen molar-refractivity contribution in [3.8, 4) is 11.3 Å². The predicted molar refractivity (Wildman–Crippen MR) is 59.0 cm³/mol. The van der Waals surface area contributed by atoms with E-state index in [-0.39, 0.29) is 12.3 Å². The highest BCUT2D eigenvalue weighted by molar-refractivity contribution is 5.64. The van der Waals surface area contributed by atoms with Gasteiger partial charge >= 0.3 is 0 Å². The van der Waals surface area contributed by atoms with Gasteiger partial charge in [0.1, 0.15) is 5.69 Å². The Bertz CT molecular complexity index is 564. The van der Waals surface area contributed by atoms with Gasteiger partial charge in [0.25, 0.3) is 5.69 Å². The lowest BCUT2D eigenvalue weighted by molar-refractivity contribution is -0.384. The zero-order valence-electron chi connectivity index (χ0n) is 9.07. The second kappa shape index (κ2) is 4.30. The molecule has 1 aromatic heterocycles. The third-order valence-corrected chi connectivity index (χ3v) is 2.35. The molecule has 1 aromatic carbocycles. The van der Waals surface area contributed by atoms with E-state index in [2.05, 4.69) is 10.3 Å². The zero-order valence-corrected chi connectivity index (χ0v) is 9.07. The predicted octanol–water partition coefficient (Wildman–Crippen LogP) is 0.883. The summed E-state index contributed by atoms with van der Waals surface area (Å²) in [6.45, 7) is -0.284. The summed E-state index contributed by atoms with van der Waals surface area (Å²) in [4.78, 5) is 10.1. The van der Waals surface area contributed by atoms with Crippen LogP contribution in [0.15, 0.2) is 24.4 Å². The van der Waals surface area contributed by atoms with Crippen molar-refractivity contribution in [2.45, 2.75) is 6.61 Å². The molecule has 88 valence electrons. The van der Waals surface area contributed by atoms with E-state index in [1.165, 1.54) is 16.8 Å². The molecule has 0 spiro atoms. The van der Waals surface area contributed by atoms with E-state index in [1.807, 2.05) is 0 Å².